The fraction of sp³-hybridized carbons (Fsp3) is 0.167. The highest BCUT2D eigenvalue weighted by atomic mass is 79.9. The predicted octanol–water partition coefficient (Wildman–Crippen LogP) is 2.44. The first-order chi connectivity index (χ1) is 8.27. The van der Waals surface area contributed by atoms with Crippen LogP contribution >= 0.6 is 15.9 Å². The van der Waals surface area contributed by atoms with Crippen molar-refractivity contribution in [2.75, 3.05) is 12.3 Å². The Morgan fingerprint density at radius 1 is 1.29 bits per heavy atom. The maximum absolute atomic E-state index is 5.84. The summed E-state index contributed by atoms with van der Waals surface area (Å²) >= 11 is 3.32. The number of para-hydroxylation sites is 1. The Hall–Kier alpha value is -1.62. The molecule has 17 heavy (non-hydrogen) atoms. The van der Waals surface area contributed by atoms with E-state index in [1.807, 2.05) is 24.3 Å². The molecule has 0 saturated heterocycles. The second-order valence-corrected chi connectivity index (χ2v) is 4.33. The molecule has 4 nitrogen and oxygen atoms in total. The third-order valence-electron chi connectivity index (χ3n) is 2.30. The minimum Gasteiger partial charge on any atom is -0.476 e. The third kappa shape index (κ3) is 3.17. The van der Waals surface area contributed by atoms with Gasteiger partial charge in [-0.2, -0.15) is 0 Å². The molecule has 0 unspecified atom stereocenters. The summed E-state index contributed by atoms with van der Waals surface area (Å²) in [5.74, 6) is 0.550. The molecule has 0 aliphatic heterocycles. The van der Waals surface area contributed by atoms with Crippen LogP contribution in [0.3, 0.4) is 0 Å². The van der Waals surface area contributed by atoms with Crippen molar-refractivity contribution in [1.29, 1.82) is 0 Å². The zero-order valence-electron chi connectivity index (χ0n) is 9.14. The van der Waals surface area contributed by atoms with Crippen LogP contribution in [0.5, 0.6) is 5.88 Å². The van der Waals surface area contributed by atoms with E-state index in [4.69, 9.17) is 10.5 Å². The average Bonchev–Trinajstić information content (AvgIpc) is 2.34. The van der Waals surface area contributed by atoms with E-state index < -0.39 is 0 Å². The van der Waals surface area contributed by atoms with Gasteiger partial charge in [-0.1, -0.05) is 18.2 Å². The van der Waals surface area contributed by atoms with Gasteiger partial charge in [0.15, 0.2) is 0 Å². The Bertz CT molecular complexity index is 459. The van der Waals surface area contributed by atoms with Crippen LogP contribution in [0, 0.1) is 0 Å². The zero-order chi connectivity index (χ0) is 12.1. The summed E-state index contributed by atoms with van der Waals surface area (Å²) in [5.41, 5.74) is 7.71. The lowest BCUT2D eigenvalue weighted by Gasteiger charge is -2.07. The molecule has 1 heterocycles. The van der Waals surface area contributed by atoms with Crippen molar-refractivity contribution in [3.8, 4) is 5.88 Å². The number of nitrogens with zero attached hydrogens (tertiary/aromatic N) is 2. The Morgan fingerprint density at radius 2 is 2.12 bits per heavy atom. The van der Waals surface area contributed by atoms with E-state index in [-0.39, 0.29) is 0 Å². The molecule has 0 aliphatic rings. The lowest BCUT2D eigenvalue weighted by Crippen LogP contribution is -2.05. The fourth-order valence-corrected chi connectivity index (χ4v) is 1.76. The van der Waals surface area contributed by atoms with Gasteiger partial charge in [-0.05, 0) is 27.6 Å². The molecule has 0 fully saturated rings. The van der Waals surface area contributed by atoms with E-state index in [9.17, 15) is 0 Å². The second kappa shape index (κ2) is 5.63. The molecule has 0 bridgehead atoms. The van der Waals surface area contributed by atoms with E-state index in [2.05, 4.69) is 25.9 Å². The third-order valence-corrected chi connectivity index (χ3v) is 2.84. The van der Waals surface area contributed by atoms with Crippen molar-refractivity contribution >= 4 is 21.6 Å². The molecule has 2 rings (SSSR count). The highest BCUT2D eigenvalue weighted by Gasteiger charge is 2.03. The van der Waals surface area contributed by atoms with Gasteiger partial charge in [0.1, 0.15) is 6.33 Å². The van der Waals surface area contributed by atoms with E-state index >= 15 is 0 Å². The summed E-state index contributed by atoms with van der Waals surface area (Å²) in [6.07, 6.45) is 3.86. The first-order valence-corrected chi connectivity index (χ1v) is 5.98. The number of hydrogen-bond donors (Lipinski definition) is 1. The predicted molar refractivity (Wildman–Crippen MR) is 69.8 cm³/mol. The standard InChI is InChI=1S/C12H12BrN3O/c13-10-7-15-8-16-12(10)17-6-5-9-3-1-2-4-11(9)14/h1-4,7-8H,5-6,14H2. The van der Waals surface area contributed by atoms with Crippen LogP contribution in [-0.2, 0) is 6.42 Å². The smallest absolute Gasteiger partial charge is 0.231 e. The van der Waals surface area contributed by atoms with Crippen LogP contribution in [0.25, 0.3) is 0 Å². The topological polar surface area (TPSA) is 61.0 Å². The molecular weight excluding hydrogens is 282 g/mol. The highest BCUT2D eigenvalue weighted by Crippen LogP contribution is 2.20. The van der Waals surface area contributed by atoms with Gasteiger partial charge in [0.05, 0.1) is 11.1 Å². The van der Waals surface area contributed by atoms with E-state index in [0.29, 0.717) is 12.5 Å². The van der Waals surface area contributed by atoms with Crippen molar-refractivity contribution < 1.29 is 4.74 Å². The maximum atomic E-state index is 5.84. The molecule has 0 aliphatic carbocycles. The molecule has 2 aromatic rings. The van der Waals surface area contributed by atoms with E-state index in [0.717, 1.165) is 22.1 Å². The molecule has 0 amide bonds. The van der Waals surface area contributed by atoms with Gasteiger partial charge < -0.3 is 10.5 Å². The van der Waals surface area contributed by atoms with Crippen molar-refractivity contribution in [2.24, 2.45) is 0 Å². The van der Waals surface area contributed by atoms with Gasteiger partial charge in [-0.3, -0.25) is 0 Å². The summed E-state index contributed by atoms with van der Waals surface area (Å²) in [4.78, 5) is 7.89. The number of rotatable bonds is 4. The van der Waals surface area contributed by atoms with Crippen LogP contribution in [0.1, 0.15) is 5.56 Å². The molecule has 0 spiro atoms. The molecule has 5 heteroatoms. The summed E-state index contributed by atoms with van der Waals surface area (Å²) in [6, 6.07) is 7.76. The first kappa shape index (κ1) is 11.9. The number of ether oxygens (including phenoxy) is 1. The Morgan fingerprint density at radius 3 is 2.88 bits per heavy atom. The van der Waals surface area contributed by atoms with Gasteiger partial charge in [0.25, 0.3) is 0 Å². The fourth-order valence-electron chi connectivity index (χ4n) is 1.43. The van der Waals surface area contributed by atoms with Crippen molar-refractivity contribution in [3.05, 3.63) is 46.8 Å². The lowest BCUT2D eigenvalue weighted by molar-refractivity contribution is 0.307. The Kier molecular flexibility index (Phi) is 3.93. The lowest BCUT2D eigenvalue weighted by atomic mass is 10.1. The molecule has 88 valence electrons. The van der Waals surface area contributed by atoms with Gasteiger partial charge in [0, 0.05) is 18.3 Å². The average molecular weight is 294 g/mol. The number of benzene rings is 1. The number of nitrogens with two attached hydrogens (primary N) is 1. The molecule has 1 aromatic carbocycles. The monoisotopic (exact) mass is 293 g/mol. The zero-order valence-corrected chi connectivity index (χ0v) is 10.7. The molecule has 0 radical (unpaired) electrons. The summed E-state index contributed by atoms with van der Waals surface area (Å²) in [6.45, 7) is 0.532. The Balaban J connectivity index is 1.93. The summed E-state index contributed by atoms with van der Waals surface area (Å²) in [5, 5.41) is 0. The SMILES string of the molecule is Nc1ccccc1CCOc1ncncc1Br. The molecule has 0 atom stereocenters. The van der Waals surface area contributed by atoms with Crippen molar-refractivity contribution in [2.45, 2.75) is 6.42 Å². The van der Waals surface area contributed by atoms with Crippen molar-refractivity contribution in [1.82, 2.24) is 9.97 Å². The van der Waals surface area contributed by atoms with Gasteiger partial charge in [-0.15, -0.1) is 0 Å². The number of halogens is 1. The first-order valence-electron chi connectivity index (χ1n) is 5.19. The second-order valence-electron chi connectivity index (χ2n) is 3.47. The van der Waals surface area contributed by atoms with Gasteiger partial charge >= 0.3 is 0 Å². The van der Waals surface area contributed by atoms with E-state index in [1.54, 1.807) is 6.20 Å². The number of hydrogen-bond acceptors (Lipinski definition) is 4. The van der Waals surface area contributed by atoms with Crippen LogP contribution in [0.2, 0.25) is 0 Å². The maximum Gasteiger partial charge on any atom is 0.231 e. The quantitative estimate of drug-likeness (QED) is 0.880. The minimum atomic E-state index is 0.532. The molecule has 2 N–H and O–H groups in total. The van der Waals surface area contributed by atoms with Crippen LogP contribution in [-0.4, -0.2) is 16.6 Å². The molecular formula is C12H12BrN3O. The highest BCUT2D eigenvalue weighted by molar-refractivity contribution is 9.10. The van der Waals surface area contributed by atoms with Gasteiger partial charge in [0.2, 0.25) is 5.88 Å². The number of aromatic nitrogens is 2. The molecule has 1 aromatic heterocycles. The van der Waals surface area contributed by atoms with E-state index in [1.165, 1.54) is 6.33 Å². The number of anilines is 1. The minimum absolute atomic E-state index is 0.532. The Labute approximate surface area is 108 Å². The number of nitrogen functional groups attached to an aromatic ring is 1. The summed E-state index contributed by atoms with van der Waals surface area (Å²) < 4.78 is 6.29. The van der Waals surface area contributed by atoms with Crippen LogP contribution in [0.4, 0.5) is 5.69 Å². The van der Waals surface area contributed by atoms with Gasteiger partial charge in [-0.25, -0.2) is 9.97 Å². The summed E-state index contributed by atoms with van der Waals surface area (Å²) in [7, 11) is 0. The molecule has 0 saturated carbocycles. The normalized spacial score (nSPS) is 10.2. The van der Waals surface area contributed by atoms with Crippen LogP contribution in [0.15, 0.2) is 41.3 Å². The van der Waals surface area contributed by atoms with Crippen molar-refractivity contribution in [3.63, 3.8) is 0 Å². The largest absolute Gasteiger partial charge is 0.476 e. The van der Waals surface area contributed by atoms with Crippen LogP contribution < -0.4 is 10.5 Å².